The van der Waals surface area contributed by atoms with Crippen molar-refractivity contribution >= 4 is 17.3 Å². The van der Waals surface area contributed by atoms with Gasteiger partial charge in [-0.2, -0.15) is 0 Å². The SMILES string of the molecule is O=C1CC2Cc3ccc([N+](=O)[O-])cc3C2C1.O=C1CC2Cc3ccccc3C2C1. The summed E-state index contributed by atoms with van der Waals surface area (Å²) >= 11 is 0. The third-order valence-electron chi connectivity index (χ3n) is 7.17. The fourth-order valence-electron chi connectivity index (χ4n) is 5.89. The molecule has 148 valence electrons. The fourth-order valence-corrected chi connectivity index (χ4v) is 5.89. The molecule has 2 fully saturated rings. The molecule has 0 amide bonds. The van der Waals surface area contributed by atoms with Crippen LogP contribution in [0.2, 0.25) is 0 Å². The molecule has 29 heavy (non-hydrogen) atoms. The normalized spacial score (nSPS) is 28.3. The predicted octanol–water partition coefficient (Wildman–Crippen LogP) is 4.52. The quantitative estimate of drug-likeness (QED) is 0.531. The number of nitrogens with zero attached hydrogens (tertiary/aromatic N) is 1. The lowest BCUT2D eigenvalue weighted by Gasteiger charge is -2.07. The Kier molecular flexibility index (Phi) is 4.34. The Morgan fingerprint density at radius 2 is 1.31 bits per heavy atom. The molecule has 0 aliphatic heterocycles. The average Bonchev–Trinajstić information content (AvgIpc) is 3.40. The topological polar surface area (TPSA) is 77.3 Å². The Labute approximate surface area is 169 Å². The summed E-state index contributed by atoms with van der Waals surface area (Å²) in [4.78, 5) is 32.9. The van der Waals surface area contributed by atoms with Crippen molar-refractivity contribution in [1.29, 1.82) is 0 Å². The van der Waals surface area contributed by atoms with Gasteiger partial charge in [0.25, 0.3) is 5.69 Å². The van der Waals surface area contributed by atoms with Gasteiger partial charge < -0.3 is 0 Å². The van der Waals surface area contributed by atoms with Crippen LogP contribution in [0, 0.1) is 22.0 Å². The van der Waals surface area contributed by atoms with Crippen LogP contribution in [0.15, 0.2) is 42.5 Å². The minimum absolute atomic E-state index is 0.138. The highest BCUT2D eigenvalue weighted by Gasteiger charge is 2.41. The van der Waals surface area contributed by atoms with E-state index in [1.165, 1.54) is 16.7 Å². The molecule has 6 rings (SSSR count). The van der Waals surface area contributed by atoms with Crippen LogP contribution in [-0.4, -0.2) is 16.5 Å². The predicted molar refractivity (Wildman–Crippen MR) is 108 cm³/mol. The maximum absolute atomic E-state index is 11.4. The molecule has 5 nitrogen and oxygen atoms in total. The number of hydrogen-bond donors (Lipinski definition) is 0. The number of Topliss-reactive ketones (excluding diaryl/α,β-unsaturated/α-hetero) is 2. The molecule has 0 heterocycles. The third-order valence-corrected chi connectivity index (χ3v) is 7.17. The zero-order valence-corrected chi connectivity index (χ0v) is 16.2. The molecule has 4 atom stereocenters. The minimum Gasteiger partial charge on any atom is -0.300 e. The first-order chi connectivity index (χ1) is 14.0. The van der Waals surface area contributed by atoms with Crippen LogP contribution in [-0.2, 0) is 22.4 Å². The van der Waals surface area contributed by atoms with Gasteiger partial charge in [-0.05, 0) is 58.8 Å². The van der Waals surface area contributed by atoms with Gasteiger partial charge in [-0.3, -0.25) is 19.7 Å². The van der Waals surface area contributed by atoms with Crippen LogP contribution in [0.5, 0.6) is 0 Å². The first kappa shape index (κ1) is 18.2. The number of fused-ring (bicyclic) bond motifs is 6. The lowest BCUT2D eigenvalue weighted by atomic mass is 9.96. The second-order valence-electron chi connectivity index (χ2n) is 8.87. The van der Waals surface area contributed by atoms with Gasteiger partial charge in [-0.25, -0.2) is 0 Å². The zero-order valence-electron chi connectivity index (χ0n) is 16.2. The summed E-state index contributed by atoms with van der Waals surface area (Å²) in [6, 6.07) is 13.6. The Bertz CT molecular complexity index is 1030. The molecule has 0 radical (unpaired) electrons. The van der Waals surface area contributed by atoms with Crippen molar-refractivity contribution in [2.45, 2.75) is 50.4 Å². The number of non-ortho nitro benzene ring substituents is 1. The molecule has 2 aromatic carbocycles. The van der Waals surface area contributed by atoms with Crippen molar-refractivity contribution < 1.29 is 14.5 Å². The Morgan fingerprint density at radius 3 is 1.97 bits per heavy atom. The number of carbonyl (C=O) groups excluding carboxylic acids is 2. The lowest BCUT2D eigenvalue weighted by molar-refractivity contribution is -0.384. The Balaban J connectivity index is 0.000000128. The van der Waals surface area contributed by atoms with Crippen LogP contribution < -0.4 is 0 Å². The van der Waals surface area contributed by atoms with E-state index < -0.39 is 0 Å². The average molecular weight is 389 g/mol. The Morgan fingerprint density at radius 1 is 0.724 bits per heavy atom. The largest absolute Gasteiger partial charge is 0.300 e. The summed E-state index contributed by atoms with van der Waals surface area (Å²) in [7, 11) is 0. The summed E-state index contributed by atoms with van der Waals surface area (Å²) in [6.45, 7) is 0. The van der Waals surface area contributed by atoms with E-state index in [2.05, 4.69) is 24.3 Å². The molecule has 2 saturated carbocycles. The van der Waals surface area contributed by atoms with Gasteiger partial charge in [-0.15, -0.1) is 0 Å². The van der Waals surface area contributed by atoms with E-state index in [-0.39, 0.29) is 16.5 Å². The summed E-state index contributed by atoms with van der Waals surface area (Å²) in [5.41, 5.74) is 5.28. The second kappa shape index (κ2) is 6.90. The van der Waals surface area contributed by atoms with E-state index in [1.807, 2.05) is 6.07 Å². The summed E-state index contributed by atoms with van der Waals surface area (Å²) in [5, 5.41) is 10.7. The highest BCUT2D eigenvalue weighted by atomic mass is 16.6. The van der Waals surface area contributed by atoms with Crippen molar-refractivity contribution in [2.24, 2.45) is 11.8 Å². The molecule has 5 heteroatoms. The number of benzene rings is 2. The first-order valence-electron chi connectivity index (χ1n) is 10.4. The number of nitro groups is 1. The lowest BCUT2D eigenvalue weighted by Crippen LogP contribution is -1.97. The Hall–Kier alpha value is -2.82. The van der Waals surface area contributed by atoms with Crippen molar-refractivity contribution in [3.63, 3.8) is 0 Å². The van der Waals surface area contributed by atoms with Crippen LogP contribution in [0.4, 0.5) is 5.69 Å². The van der Waals surface area contributed by atoms with Crippen molar-refractivity contribution in [3.8, 4) is 0 Å². The number of rotatable bonds is 1. The van der Waals surface area contributed by atoms with Crippen LogP contribution >= 0.6 is 0 Å². The van der Waals surface area contributed by atoms with E-state index in [0.29, 0.717) is 42.2 Å². The number of carbonyl (C=O) groups is 2. The maximum Gasteiger partial charge on any atom is 0.269 e. The van der Waals surface area contributed by atoms with E-state index in [4.69, 9.17) is 0 Å². The maximum atomic E-state index is 11.4. The van der Waals surface area contributed by atoms with E-state index in [0.717, 1.165) is 31.2 Å². The first-order valence-corrected chi connectivity index (χ1v) is 10.4. The zero-order chi connectivity index (χ0) is 20.1. The summed E-state index contributed by atoms with van der Waals surface area (Å²) < 4.78 is 0. The molecule has 0 aromatic heterocycles. The molecule has 0 N–H and O–H groups in total. The molecular formula is C24H23NO4. The number of hydrogen-bond acceptors (Lipinski definition) is 4. The van der Waals surface area contributed by atoms with Crippen molar-refractivity contribution in [1.82, 2.24) is 0 Å². The van der Waals surface area contributed by atoms with Crippen molar-refractivity contribution in [2.75, 3.05) is 0 Å². The van der Waals surface area contributed by atoms with Crippen LogP contribution in [0.1, 0.15) is 59.8 Å². The minimum atomic E-state index is -0.371. The van der Waals surface area contributed by atoms with Gasteiger partial charge in [0.1, 0.15) is 11.6 Å². The summed E-state index contributed by atoms with van der Waals surface area (Å²) in [5.74, 6) is 2.58. The van der Waals surface area contributed by atoms with Gasteiger partial charge in [-0.1, -0.05) is 30.3 Å². The van der Waals surface area contributed by atoms with Gasteiger partial charge in [0.05, 0.1) is 4.92 Å². The van der Waals surface area contributed by atoms with E-state index in [9.17, 15) is 19.7 Å². The molecule has 0 spiro atoms. The summed E-state index contributed by atoms with van der Waals surface area (Å²) in [6.07, 6.45) is 4.86. The molecule has 4 aliphatic rings. The number of ketones is 2. The molecule has 4 aliphatic carbocycles. The standard InChI is InChI=1S/C12H11NO3.C12H12O/c14-10-4-8-3-7-1-2-9(13(15)16)5-11(7)12(8)6-10;13-10-6-9-5-8-3-1-2-4-11(8)12(9)7-10/h1-2,5,8,12H,3-4,6H2;1-4,9,12H,5-7H2. The van der Waals surface area contributed by atoms with Crippen molar-refractivity contribution in [3.05, 3.63) is 74.8 Å². The molecule has 2 aromatic rings. The molecule has 0 bridgehead atoms. The molecule has 4 unspecified atom stereocenters. The number of nitro benzene ring substituents is 1. The van der Waals surface area contributed by atoms with E-state index >= 15 is 0 Å². The smallest absolute Gasteiger partial charge is 0.269 e. The van der Waals surface area contributed by atoms with E-state index in [1.54, 1.807) is 12.1 Å². The fraction of sp³-hybridized carbons (Fsp3) is 0.417. The highest BCUT2D eigenvalue weighted by Crippen LogP contribution is 2.48. The molecular weight excluding hydrogens is 366 g/mol. The van der Waals surface area contributed by atoms with Gasteiger partial charge in [0.15, 0.2) is 0 Å². The van der Waals surface area contributed by atoms with Crippen LogP contribution in [0.25, 0.3) is 0 Å². The molecule has 0 saturated heterocycles. The van der Waals surface area contributed by atoms with Gasteiger partial charge in [0, 0.05) is 37.8 Å². The van der Waals surface area contributed by atoms with Crippen LogP contribution in [0.3, 0.4) is 0 Å². The van der Waals surface area contributed by atoms with Gasteiger partial charge in [0.2, 0.25) is 0 Å². The third kappa shape index (κ3) is 3.18. The van der Waals surface area contributed by atoms with Gasteiger partial charge >= 0.3 is 0 Å². The monoisotopic (exact) mass is 389 g/mol. The highest BCUT2D eigenvalue weighted by molar-refractivity contribution is 5.83. The second-order valence-corrected chi connectivity index (χ2v) is 8.87.